The smallest absolute Gasteiger partial charge is 0.337 e. The fourth-order valence-corrected chi connectivity index (χ4v) is 2.05. The summed E-state index contributed by atoms with van der Waals surface area (Å²) in [5.41, 5.74) is 3.62. The average Bonchev–Trinajstić information content (AvgIpc) is 2.64. The molecule has 2 rings (SSSR count). The van der Waals surface area contributed by atoms with Crippen molar-refractivity contribution in [3.8, 4) is 10.4 Å². The van der Waals surface area contributed by atoms with Gasteiger partial charge in [0.1, 0.15) is 0 Å². The van der Waals surface area contributed by atoms with Crippen LogP contribution in [0, 0.1) is 6.92 Å². The van der Waals surface area contributed by atoms with E-state index in [-0.39, 0.29) is 5.56 Å². The summed E-state index contributed by atoms with van der Waals surface area (Å²) < 4.78 is 0. The average molecular weight is 220 g/mol. The van der Waals surface area contributed by atoms with Gasteiger partial charge in [-0.05, 0) is 13.0 Å². The molecule has 0 radical (unpaired) electrons. The number of aryl methyl sites for hydroxylation is 1. The van der Waals surface area contributed by atoms with E-state index in [0.29, 0.717) is 0 Å². The van der Waals surface area contributed by atoms with E-state index < -0.39 is 5.97 Å². The highest BCUT2D eigenvalue weighted by Gasteiger charge is 2.08. The first kappa shape index (κ1) is 9.79. The second kappa shape index (κ2) is 3.78. The van der Waals surface area contributed by atoms with E-state index in [2.05, 4.69) is 9.97 Å². The van der Waals surface area contributed by atoms with Gasteiger partial charge in [-0.2, -0.15) is 0 Å². The quantitative estimate of drug-likeness (QED) is 0.842. The zero-order valence-electron chi connectivity index (χ0n) is 7.97. The Balaban J connectivity index is 2.50. The third-order valence-corrected chi connectivity index (χ3v) is 2.97. The minimum absolute atomic E-state index is 0.195. The first-order valence-electron chi connectivity index (χ1n) is 4.27. The molecule has 76 valence electrons. The third-order valence-electron chi connectivity index (χ3n) is 1.99. The molecule has 2 heterocycles. The van der Waals surface area contributed by atoms with Crippen LogP contribution in [0.3, 0.4) is 0 Å². The number of hydrogen-bond donors (Lipinski definition) is 1. The number of carbonyl (C=O) groups is 1. The third kappa shape index (κ3) is 1.87. The molecule has 0 bridgehead atoms. The molecule has 0 unspecified atom stereocenters. The van der Waals surface area contributed by atoms with Crippen molar-refractivity contribution in [1.29, 1.82) is 0 Å². The first-order valence-corrected chi connectivity index (χ1v) is 5.15. The molecule has 0 amide bonds. The van der Waals surface area contributed by atoms with Gasteiger partial charge in [-0.3, -0.25) is 4.98 Å². The van der Waals surface area contributed by atoms with Crippen LogP contribution in [0.25, 0.3) is 10.4 Å². The van der Waals surface area contributed by atoms with Gasteiger partial charge in [-0.25, -0.2) is 9.78 Å². The van der Waals surface area contributed by atoms with Gasteiger partial charge < -0.3 is 5.11 Å². The normalized spacial score (nSPS) is 10.2. The minimum atomic E-state index is -0.966. The van der Waals surface area contributed by atoms with Gasteiger partial charge in [0, 0.05) is 18.0 Å². The summed E-state index contributed by atoms with van der Waals surface area (Å²) in [5, 5.41) is 8.82. The van der Waals surface area contributed by atoms with E-state index in [1.165, 1.54) is 17.5 Å². The Bertz CT molecular complexity index is 508. The second-order valence-electron chi connectivity index (χ2n) is 3.03. The van der Waals surface area contributed by atoms with E-state index in [1.807, 2.05) is 6.92 Å². The summed E-state index contributed by atoms with van der Waals surface area (Å²) in [6.07, 6.45) is 2.98. The lowest BCUT2D eigenvalue weighted by Crippen LogP contribution is -1.97. The van der Waals surface area contributed by atoms with Crippen LogP contribution in [0.4, 0.5) is 0 Å². The van der Waals surface area contributed by atoms with Gasteiger partial charge in [0.15, 0.2) is 0 Å². The highest BCUT2D eigenvalue weighted by Crippen LogP contribution is 2.26. The predicted molar refractivity (Wildman–Crippen MR) is 57.0 cm³/mol. The Labute approximate surface area is 90.3 Å². The largest absolute Gasteiger partial charge is 0.478 e. The van der Waals surface area contributed by atoms with Crippen molar-refractivity contribution >= 4 is 17.3 Å². The standard InChI is InChI=1S/C10H8N2O2S/c1-6-9(15-5-12-6)7-2-8(10(13)14)4-11-3-7/h2-5H,1H3,(H,13,14). The summed E-state index contributed by atoms with van der Waals surface area (Å²) in [5.74, 6) is -0.966. The van der Waals surface area contributed by atoms with Crippen molar-refractivity contribution in [1.82, 2.24) is 9.97 Å². The van der Waals surface area contributed by atoms with Crippen molar-refractivity contribution in [2.75, 3.05) is 0 Å². The van der Waals surface area contributed by atoms with Crippen LogP contribution in [0.1, 0.15) is 16.1 Å². The molecule has 0 fully saturated rings. The van der Waals surface area contributed by atoms with Crippen LogP contribution in [0.5, 0.6) is 0 Å². The molecule has 4 nitrogen and oxygen atoms in total. The summed E-state index contributed by atoms with van der Waals surface area (Å²) in [7, 11) is 0. The van der Waals surface area contributed by atoms with Crippen LogP contribution < -0.4 is 0 Å². The Morgan fingerprint density at radius 1 is 1.47 bits per heavy atom. The Kier molecular flexibility index (Phi) is 2.47. The zero-order chi connectivity index (χ0) is 10.8. The van der Waals surface area contributed by atoms with Gasteiger partial charge in [0.2, 0.25) is 0 Å². The maximum Gasteiger partial charge on any atom is 0.337 e. The lowest BCUT2D eigenvalue weighted by Gasteiger charge is -1.99. The molecule has 5 heteroatoms. The van der Waals surface area contributed by atoms with E-state index >= 15 is 0 Å². The maximum atomic E-state index is 10.8. The van der Waals surface area contributed by atoms with Crippen molar-refractivity contribution < 1.29 is 9.90 Å². The SMILES string of the molecule is Cc1ncsc1-c1cncc(C(=O)O)c1. The number of thiazole rings is 1. The molecule has 0 aliphatic carbocycles. The fraction of sp³-hybridized carbons (Fsp3) is 0.100. The van der Waals surface area contributed by atoms with E-state index in [1.54, 1.807) is 17.8 Å². The predicted octanol–water partition coefficient (Wildman–Crippen LogP) is 2.21. The van der Waals surface area contributed by atoms with Gasteiger partial charge in [0.05, 0.1) is 21.6 Å². The number of rotatable bonds is 2. The van der Waals surface area contributed by atoms with Gasteiger partial charge in [0.25, 0.3) is 0 Å². The summed E-state index contributed by atoms with van der Waals surface area (Å²) in [6.45, 7) is 1.89. The van der Waals surface area contributed by atoms with Crippen molar-refractivity contribution in [3.63, 3.8) is 0 Å². The molecule has 15 heavy (non-hydrogen) atoms. The highest BCUT2D eigenvalue weighted by molar-refractivity contribution is 7.13. The molecule has 1 N–H and O–H groups in total. The van der Waals surface area contributed by atoms with Crippen LogP contribution in [-0.2, 0) is 0 Å². The van der Waals surface area contributed by atoms with E-state index in [0.717, 1.165) is 16.1 Å². The second-order valence-corrected chi connectivity index (χ2v) is 3.89. The number of carboxylic acids is 1. The number of nitrogens with zero attached hydrogens (tertiary/aromatic N) is 2. The van der Waals surface area contributed by atoms with Crippen molar-refractivity contribution in [2.24, 2.45) is 0 Å². The Hall–Kier alpha value is -1.75. The zero-order valence-corrected chi connectivity index (χ0v) is 8.78. The van der Waals surface area contributed by atoms with E-state index in [9.17, 15) is 4.79 Å². The number of pyridine rings is 1. The molecule has 2 aromatic rings. The fourth-order valence-electron chi connectivity index (χ4n) is 1.26. The topological polar surface area (TPSA) is 63.1 Å². The monoisotopic (exact) mass is 220 g/mol. The summed E-state index contributed by atoms with van der Waals surface area (Å²) in [4.78, 5) is 19.7. The number of aromatic carboxylic acids is 1. The molecule has 0 spiro atoms. The van der Waals surface area contributed by atoms with E-state index in [4.69, 9.17) is 5.11 Å². The lowest BCUT2D eigenvalue weighted by atomic mass is 10.1. The number of hydrogen-bond acceptors (Lipinski definition) is 4. The van der Waals surface area contributed by atoms with Crippen LogP contribution in [0.2, 0.25) is 0 Å². The minimum Gasteiger partial charge on any atom is -0.478 e. The van der Waals surface area contributed by atoms with Crippen molar-refractivity contribution in [2.45, 2.75) is 6.92 Å². The molecule has 0 aromatic carbocycles. The van der Waals surface area contributed by atoms with Crippen LogP contribution in [0.15, 0.2) is 24.0 Å². The first-order chi connectivity index (χ1) is 7.18. The number of carboxylic acid groups (broad SMARTS) is 1. The molecule has 2 aromatic heterocycles. The van der Waals surface area contributed by atoms with Crippen molar-refractivity contribution in [3.05, 3.63) is 35.2 Å². The summed E-state index contributed by atoms with van der Waals surface area (Å²) in [6, 6.07) is 1.61. The lowest BCUT2D eigenvalue weighted by molar-refractivity contribution is 0.0696. The molecule has 0 atom stereocenters. The summed E-state index contributed by atoms with van der Waals surface area (Å²) >= 11 is 1.48. The Morgan fingerprint density at radius 2 is 2.27 bits per heavy atom. The number of aromatic nitrogens is 2. The van der Waals surface area contributed by atoms with Gasteiger partial charge >= 0.3 is 5.97 Å². The molecule has 0 saturated carbocycles. The highest BCUT2D eigenvalue weighted by atomic mass is 32.1. The Morgan fingerprint density at radius 3 is 2.87 bits per heavy atom. The van der Waals surface area contributed by atoms with Gasteiger partial charge in [-0.15, -0.1) is 11.3 Å². The molecule has 0 saturated heterocycles. The van der Waals surface area contributed by atoms with Crippen LogP contribution in [-0.4, -0.2) is 21.0 Å². The molecule has 0 aliphatic rings. The molecule has 0 aliphatic heterocycles. The van der Waals surface area contributed by atoms with Crippen LogP contribution >= 0.6 is 11.3 Å². The molecular formula is C10H8N2O2S. The van der Waals surface area contributed by atoms with Gasteiger partial charge in [-0.1, -0.05) is 0 Å². The molecular weight excluding hydrogens is 212 g/mol. The maximum absolute atomic E-state index is 10.8.